The number of amides is 1. The van der Waals surface area contributed by atoms with Crippen LogP contribution in [0, 0.1) is 6.92 Å². The predicted octanol–water partition coefficient (Wildman–Crippen LogP) is 4.12. The molecule has 3 rings (SSSR count). The molecule has 2 heterocycles. The number of rotatable bonds is 2. The standard InChI is InChI=1S/C15H14ClNO3S/c1-9-3-6-21-14(9)15(18)17-11-8-13-12(7-10(11)16)19-4-2-5-20-13/h3,6-8H,2,4-5H2,1H3,(H,17,18). The van der Waals surface area contributed by atoms with E-state index in [0.29, 0.717) is 40.3 Å². The molecule has 0 aliphatic carbocycles. The van der Waals surface area contributed by atoms with E-state index >= 15 is 0 Å². The summed E-state index contributed by atoms with van der Waals surface area (Å²) in [6.45, 7) is 3.09. The van der Waals surface area contributed by atoms with E-state index in [1.165, 1.54) is 11.3 Å². The Labute approximate surface area is 131 Å². The average Bonchev–Trinajstić information content (AvgIpc) is 2.75. The van der Waals surface area contributed by atoms with Gasteiger partial charge in [-0.05, 0) is 23.9 Å². The van der Waals surface area contributed by atoms with Crippen LogP contribution in [0.3, 0.4) is 0 Å². The molecule has 110 valence electrons. The van der Waals surface area contributed by atoms with Gasteiger partial charge >= 0.3 is 0 Å². The molecule has 1 N–H and O–H groups in total. The van der Waals surface area contributed by atoms with Crippen molar-refractivity contribution in [2.24, 2.45) is 0 Å². The first-order valence-electron chi connectivity index (χ1n) is 6.60. The molecule has 0 atom stereocenters. The summed E-state index contributed by atoms with van der Waals surface area (Å²) in [4.78, 5) is 12.9. The molecule has 1 amide bonds. The lowest BCUT2D eigenvalue weighted by molar-refractivity contribution is 0.103. The van der Waals surface area contributed by atoms with Gasteiger partial charge in [-0.2, -0.15) is 0 Å². The Bertz CT molecular complexity index is 684. The summed E-state index contributed by atoms with van der Waals surface area (Å²) >= 11 is 7.62. The maximum absolute atomic E-state index is 12.3. The van der Waals surface area contributed by atoms with Crippen molar-refractivity contribution in [3.63, 3.8) is 0 Å². The molecule has 6 heteroatoms. The number of fused-ring (bicyclic) bond motifs is 1. The Morgan fingerprint density at radius 1 is 1.29 bits per heavy atom. The maximum atomic E-state index is 12.3. The van der Waals surface area contributed by atoms with E-state index in [1.807, 2.05) is 18.4 Å². The molecule has 1 aromatic carbocycles. The van der Waals surface area contributed by atoms with Crippen LogP contribution in [0.25, 0.3) is 0 Å². The number of aryl methyl sites for hydroxylation is 1. The Kier molecular flexibility index (Phi) is 4.03. The number of nitrogens with one attached hydrogen (secondary N) is 1. The van der Waals surface area contributed by atoms with Crippen molar-refractivity contribution in [1.82, 2.24) is 0 Å². The number of carbonyl (C=O) groups excluding carboxylic acids is 1. The highest BCUT2D eigenvalue weighted by atomic mass is 35.5. The normalized spacial score (nSPS) is 13.6. The molecule has 0 spiro atoms. The monoisotopic (exact) mass is 323 g/mol. The second-order valence-electron chi connectivity index (χ2n) is 4.72. The summed E-state index contributed by atoms with van der Waals surface area (Å²) < 4.78 is 11.2. The Morgan fingerprint density at radius 2 is 2.00 bits per heavy atom. The second kappa shape index (κ2) is 5.95. The molecule has 0 radical (unpaired) electrons. The minimum absolute atomic E-state index is 0.168. The van der Waals surface area contributed by atoms with Gasteiger partial charge in [-0.25, -0.2) is 0 Å². The minimum Gasteiger partial charge on any atom is -0.490 e. The molecule has 0 bridgehead atoms. The molecular formula is C15H14ClNO3S. The zero-order chi connectivity index (χ0) is 14.8. The number of carbonyl (C=O) groups is 1. The molecule has 1 aliphatic heterocycles. The summed E-state index contributed by atoms with van der Waals surface area (Å²) in [6, 6.07) is 5.30. The number of thiophene rings is 1. The lowest BCUT2D eigenvalue weighted by Gasteiger charge is -2.12. The van der Waals surface area contributed by atoms with Gasteiger partial charge in [0.05, 0.1) is 28.8 Å². The van der Waals surface area contributed by atoms with Crippen molar-refractivity contribution in [3.05, 3.63) is 39.0 Å². The van der Waals surface area contributed by atoms with Crippen LogP contribution < -0.4 is 14.8 Å². The quantitative estimate of drug-likeness (QED) is 0.904. The third-order valence-corrected chi connectivity index (χ3v) is 4.48. The summed E-state index contributed by atoms with van der Waals surface area (Å²) in [5.41, 5.74) is 1.47. The SMILES string of the molecule is Cc1ccsc1C(=O)Nc1cc2c(cc1Cl)OCCCO2. The molecule has 0 saturated heterocycles. The highest BCUT2D eigenvalue weighted by molar-refractivity contribution is 7.12. The van der Waals surface area contributed by atoms with Gasteiger partial charge in [0.15, 0.2) is 11.5 Å². The molecule has 21 heavy (non-hydrogen) atoms. The van der Waals surface area contributed by atoms with Crippen LogP contribution >= 0.6 is 22.9 Å². The molecule has 0 fully saturated rings. The van der Waals surface area contributed by atoms with Crippen molar-refractivity contribution in [2.45, 2.75) is 13.3 Å². The maximum Gasteiger partial charge on any atom is 0.266 e. The molecule has 1 aliphatic rings. The zero-order valence-corrected chi connectivity index (χ0v) is 13.0. The summed E-state index contributed by atoms with van der Waals surface area (Å²) in [6.07, 6.45) is 0.822. The molecule has 1 aromatic heterocycles. The first kappa shape index (κ1) is 14.2. The molecular weight excluding hydrogens is 310 g/mol. The Morgan fingerprint density at radius 3 is 2.67 bits per heavy atom. The third kappa shape index (κ3) is 2.99. The number of hydrogen-bond donors (Lipinski definition) is 1. The van der Waals surface area contributed by atoms with Crippen LogP contribution in [0.15, 0.2) is 23.6 Å². The van der Waals surface area contributed by atoms with Crippen LogP contribution in [-0.2, 0) is 0 Å². The van der Waals surface area contributed by atoms with Gasteiger partial charge in [-0.1, -0.05) is 11.6 Å². The van der Waals surface area contributed by atoms with Gasteiger partial charge in [0, 0.05) is 18.6 Å². The van der Waals surface area contributed by atoms with Crippen molar-refractivity contribution >= 4 is 34.5 Å². The molecule has 0 saturated carbocycles. The highest BCUT2D eigenvalue weighted by Crippen LogP contribution is 2.38. The van der Waals surface area contributed by atoms with Gasteiger partial charge in [-0.15, -0.1) is 11.3 Å². The number of ether oxygens (including phenoxy) is 2. The number of benzene rings is 1. The molecule has 4 nitrogen and oxygen atoms in total. The number of anilines is 1. The summed E-state index contributed by atoms with van der Waals surface area (Å²) in [5, 5.41) is 5.15. The minimum atomic E-state index is -0.168. The smallest absolute Gasteiger partial charge is 0.266 e. The first-order valence-corrected chi connectivity index (χ1v) is 7.85. The topological polar surface area (TPSA) is 47.6 Å². The average molecular weight is 324 g/mol. The van der Waals surface area contributed by atoms with Crippen molar-refractivity contribution in [2.75, 3.05) is 18.5 Å². The van der Waals surface area contributed by atoms with Gasteiger partial charge in [0.1, 0.15) is 0 Å². The van der Waals surface area contributed by atoms with Crippen molar-refractivity contribution in [1.29, 1.82) is 0 Å². The van der Waals surface area contributed by atoms with E-state index in [-0.39, 0.29) is 5.91 Å². The van der Waals surface area contributed by atoms with Crippen molar-refractivity contribution < 1.29 is 14.3 Å². The highest BCUT2D eigenvalue weighted by Gasteiger charge is 2.17. The van der Waals surface area contributed by atoms with Crippen LogP contribution in [0.5, 0.6) is 11.5 Å². The third-order valence-electron chi connectivity index (χ3n) is 3.15. The van der Waals surface area contributed by atoms with E-state index in [1.54, 1.807) is 12.1 Å². The van der Waals surface area contributed by atoms with Gasteiger partial charge < -0.3 is 14.8 Å². The number of hydrogen-bond acceptors (Lipinski definition) is 4. The fraction of sp³-hybridized carbons (Fsp3) is 0.267. The van der Waals surface area contributed by atoms with E-state index < -0.39 is 0 Å². The van der Waals surface area contributed by atoms with Gasteiger partial charge in [0.25, 0.3) is 5.91 Å². The molecule has 0 unspecified atom stereocenters. The van der Waals surface area contributed by atoms with E-state index in [2.05, 4.69) is 5.32 Å². The fourth-order valence-corrected chi connectivity index (χ4v) is 3.09. The second-order valence-corrected chi connectivity index (χ2v) is 6.04. The Balaban J connectivity index is 1.87. The summed E-state index contributed by atoms with van der Waals surface area (Å²) in [5.74, 6) is 1.05. The van der Waals surface area contributed by atoms with Crippen LogP contribution in [0.4, 0.5) is 5.69 Å². The lowest BCUT2D eigenvalue weighted by Crippen LogP contribution is -2.12. The van der Waals surface area contributed by atoms with E-state index in [0.717, 1.165) is 12.0 Å². The summed E-state index contributed by atoms with van der Waals surface area (Å²) in [7, 11) is 0. The van der Waals surface area contributed by atoms with Gasteiger partial charge in [0.2, 0.25) is 0 Å². The Hall–Kier alpha value is -1.72. The van der Waals surface area contributed by atoms with Crippen LogP contribution in [-0.4, -0.2) is 19.1 Å². The predicted molar refractivity (Wildman–Crippen MR) is 84.1 cm³/mol. The largest absolute Gasteiger partial charge is 0.490 e. The van der Waals surface area contributed by atoms with Crippen molar-refractivity contribution in [3.8, 4) is 11.5 Å². The molecule has 2 aromatic rings. The van der Waals surface area contributed by atoms with Crippen LogP contribution in [0.2, 0.25) is 5.02 Å². The fourth-order valence-electron chi connectivity index (χ4n) is 2.06. The lowest BCUT2D eigenvalue weighted by atomic mass is 10.2. The van der Waals surface area contributed by atoms with Gasteiger partial charge in [-0.3, -0.25) is 4.79 Å². The zero-order valence-electron chi connectivity index (χ0n) is 11.4. The van der Waals surface area contributed by atoms with Crippen LogP contribution in [0.1, 0.15) is 21.7 Å². The van der Waals surface area contributed by atoms with E-state index in [9.17, 15) is 4.79 Å². The number of halogens is 1. The van der Waals surface area contributed by atoms with E-state index in [4.69, 9.17) is 21.1 Å². The first-order chi connectivity index (χ1) is 10.1.